The molecule has 1 aliphatic heterocycles. The van der Waals surface area contributed by atoms with E-state index in [9.17, 15) is 4.79 Å². The Morgan fingerprint density at radius 3 is 2.61 bits per heavy atom. The number of aryl methyl sites for hydroxylation is 1. The largest absolute Gasteiger partial charge is 0.353 e. The Balaban J connectivity index is 1.45. The second-order valence-corrected chi connectivity index (χ2v) is 7.30. The van der Waals surface area contributed by atoms with Crippen LogP contribution in [0.25, 0.3) is 5.78 Å². The first-order chi connectivity index (χ1) is 13.7. The standard InChI is InChI=1S/C21H26N6O/c1-3-7-18-14-19(23-21-24-22-15-27(18)21)25-10-12-26(13-11-25)20(28)16(2)17-8-5-4-6-9-17/h4-6,8-9,14-16H,3,7,10-13H2,1-2H3. The number of aromatic nitrogens is 4. The number of fused-ring (bicyclic) bond motifs is 1. The molecule has 0 saturated carbocycles. The Bertz CT molecular complexity index is 946. The van der Waals surface area contributed by atoms with Crippen LogP contribution in [0.15, 0.2) is 42.7 Å². The summed E-state index contributed by atoms with van der Waals surface area (Å²) in [7, 11) is 0. The van der Waals surface area contributed by atoms with E-state index in [1.54, 1.807) is 6.33 Å². The second kappa shape index (κ2) is 7.96. The van der Waals surface area contributed by atoms with Gasteiger partial charge in [-0.05, 0) is 18.9 Å². The molecule has 1 saturated heterocycles. The monoisotopic (exact) mass is 378 g/mol. The Labute approximate surface area is 165 Å². The van der Waals surface area contributed by atoms with Crippen molar-refractivity contribution in [3.05, 3.63) is 54.0 Å². The highest BCUT2D eigenvalue weighted by molar-refractivity contribution is 5.83. The van der Waals surface area contributed by atoms with E-state index in [-0.39, 0.29) is 11.8 Å². The molecule has 1 atom stereocenters. The van der Waals surface area contributed by atoms with E-state index in [4.69, 9.17) is 0 Å². The third-order valence-corrected chi connectivity index (χ3v) is 5.44. The predicted octanol–water partition coefficient (Wildman–Crippen LogP) is 2.53. The van der Waals surface area contributed by atoms with Gasteiger partial charge in [-0.3, -0.25) is 9.20 Å². The van der Waals surface area contributed by atoms with Crippen molar-refractivity contribution in [2.24, 2.45) is 0 Å². The first-order valence-corrected chi connectivity index (χ1v) is 9.95. The summed E-state index contributed by atoms with van der Waals surface area (Å²) >= 11 is 0. The van der Waals surface area contributed by atoms with E-state index in [1.807, 2.05) is 46.6 Å². The molecule has 1 aliphatic rings. The van der Waals surface area contributed by atoms with Crippen LogP contribution in [0.2, 0.25) is 0 Å². The van der Waals surface area contributed by atoms with E-state index in [1.165, 1.54) is 5.69 Å². The summed E-state index contributed by atoms with van der Waals surface area (Å²) in [5, 5.41) is 8.12. The molecule has 3 heterocycles. The minimum Gasteiger partial charge on any atom is -0.353 e. The van der Waals surface area contributed by atoms with Gasteiger partial charge in [0.1, 0.15) is 12.1 Å². The van der Waals surface area contributed by atoms with Crippen molar-refractivity contribution in [2.75, 3.05) is 31.1 Å². The summed E-state index contributed by atoms with van der Waals surface area (Å²) in [6.07, 6.45) is 3.73. The molecule has 7 nitrogen and oxygen atoms in total. The number of carbonyl (C=O) groups excluding carboxylic acids is 1. The topological polar surface area (TPSA) is 66.6 Å². The van der Waals surface area contributed by atoms with Crippen molar-refractivity contribution in [1.82, 2.24) is 24.5 Å². The number of benzene rings is 1. The number of hydrogen-bond acceptors (Lipinski definition) is 5. The molecular formula is C21H26N6O. The zero-order chi connectivity index (χ0) is 19.5. The fourth-order valence-electron chi connectivity index (χ4n) is 3.79. The maximum atomic E-state index is 12.9. The van der Waals surface area contributed by atoms with Crippen LogP contribution in [-0.4, -0.2) is 56.6 Å². The van der Waals surface area contributed by atoms with Gasteiger partial charge >= 0.3 is 0 Å². The average Bonchev–Trinajstić information content (AvgIpc) is 3.23. The van der Waals surface area contributed by atoms with Crippen molar-refractivity contribution in [1.29, 1.82) is 0 Å². The molecule has 0 radical (unpaired) electrons. The zero-order valence-electron chi connectivity index (χ0n) is 16.5. The number of amides is 1. The van der Waals surface area contributed by atoms with Crippen LogP contribution in [0.5, 0.6) is 0 Å². The zero-order valence-corrected chi connectivity index (χ0v) is 16.5. The lowest BCUT2D eigenvalue weighted by Crippen LogP contribution is -2.50. The average molecular weight is 378 g/mol. The molecule has 1 aromatic carbocycles. The number of anilines is 1. The van der Waals surface area contributed by atoms with Gasteiger partial charge in [0.05, 0.1) is 5.92 Å². The highest BCUT2D eigenvalue weighted by atomic mass is 16.2. The van der Waals surface area contributed by atoms with Crippen molar-refractivity contribution in [3.63, 3.8) is 0 Å². The van der Waals surface area contributed by atoms with Crippen LogP contribution in [0.3, 0.4) is 0 Å². The first-order valence-electron chi connectivity index (χ1n) is 9.95. The molecule has 1 fully saturated rings. The molecule has 146 valence electrons. The van der Waals surface area contributed by atoms with Crippen molar-refractivity contribution in [3.8, 4) is 0 Å². The van der Waals surface area contributed by atoms with Gasteiger partial charge in [0.25, 0.3) is 5.78 Å². The molecule has 0 spiro atoms. The fourth-order valence-corrected chi connectivity index (χ4v) is 3.79. The molecule has 2 aromatic heterocycles. The van der Waals surface area contributed by atoms with Crippen LogP contribution in [0, 0.1) is 0 Å². The third-order valence-electron chi connectivity index (χ3n) is 5.44. The normalized spacial score (nSPS) is 15.8. The summed E-state index contributed by atoms with van der Waals surface area (Å²) in [5.41, 5.74) is 2.24. The summed E-state index contributed by atoms with van der Waals surface area (Å²) in [4.78, 5) is 21.8. The predicted molar refractivity (Wildman–Crippen MR) is 108 cm³/mol. The van der Waals surface area contributed by atoms with Gasteiger partial charge in [0, 0.05) is 37.9 Å². The van der Waals surface area contributed by atoms with Crippen LogP contribution >= 0.6 is 0 Å². The van der Waals surface area contributed by atoms with Crippen LogP contribution < -0.4 is 4.90 Å². The Hall–Kier alpha value is -2.96. The minimum atomic E-state index is -0.116. The van der Waals surface area contributed by atoms with Crippen molar-refractivity contribution >= 4 is 17.5 Å². The fraction of sp³-hybridized carbons (Fsp3) is 0.429. The Kier molecular flexibility index (Phi) is 5.23. The van der Waals surface area contributed by atoms with Crippen LogP contribution in [-0.2, 0) is 11.2 Å². The molecule has 0 N–H and O–H groups in total. The molecule has 0 bridgehead atoms. The maximum Gasteiger partial charge on any atom is 0.256 e. The van der Waals surface area contributed by atoms with Gasteiger partial charge < -0.3 is 9.80 Å². The molecule has 1 unspecified atom stereocenters. The maximum absolute atomic E-state index is 12.9. The minimum absolute atomic E-state index is 0.116. The lowest BCUT2D eigenvalue weighted by atomic mass is 9.99. The summed E-state index contributed by atoms with van der Waals surface area (Å²) < 4.78 is 1.95. The van der Waals surface area contributed by atoms with Crippen molar-refractivity contribution < 1.29 is 4.79 Å². The molecule has 0 aliphatic carbocycles. The van der Waals surface area contributed by atoms with E-state index in [0.29, 0.717) is 18.9 Å². The summed E-state index contributed by atoms with van der Waals surface area (Å²) in [6, 6.07) is 12.1. The van der Waals surface area contributed by atoms with Gasteiger partial charge in [-0.1, -0.05) is 43.7 Å². The third kappa shape index (κ3) is 3.56. The van der Waals surface area contributed by atoms with Gasteiger partial charge in [-0.2, -0.15) is 4.98 Å². The Morgan fingerprint density at radius 2 is 1.89 bits per heavy atom. The number of piperazine rings is 1. The summed E-state index contributed by atoms with van der Waals surface area (Å²) in [6.45, 7) is 7.11. The molecular weight excluding hydrogens is 352 g/mol. The molecule has 3 aromatic rings. The number of carbonyl (C=O) groups is 1. The lowest BCUT2D eigenvalue weighted by Gasteiger charge is -2.36. The van der Waals surface area contributed by atoms with Gasteiger partial charge in [0.2, 0.25) is 5.91 Å². The molecule has 28 heavy (non-hydrogen) atoms. The second-order valence-electron chi connectivity index (χ2n) is 7.30. The van der Waals surface area contributed by atoms with Crippen molar-refractivity contribution in [2.45, 2.75) is 32.6 Å². The molecule has 7 heteroatoms. The van der Waals surface area contributed by atoms with Crippen LogP contribution in [0.4, 0.5) is 5.82 Å². The SMILES string of the molecule is CCCc1cc(N2CCN(C(=O)C(C)c3ccccc3)CC2)nc2nncn12. The highest BCUT2D eigenvalue weighted by Crippen LogP contribution is 2.21. The van der Waals surface area contributed by atoms with Crippen LogP contribution in [0.1, 0.15) is 37.4 Å². The van der Waals surface area contributed by atoms with Gasteiger partial charge in [-0.15, -0.1) is 10.2 Å². The van der Waals surface area contributed by atoms with E-state index >= 15 is 0 Å². The lowest BCUT2D eigenvalue weighted by molar-refractivity contribution is -0.132. The number of rotatable bonds is 5. The van der Waals surface area contributed by atoms with E-state index in [2.05, 4.69) is 33.1 Å². The molecule has 4 rings (SSSR count). The Morgan fingerprint density at radius 1 is 1.14 bits per heavy atom. The highest BCUT2D eigenvalue weighted by Gasteiger charge is 2.26. The van der Waals surface area contributed by atoms with E-state index < -0.39 is 0 Å². The van der Waals surface area contributed by atoms with Gasteiger partial charge in [-0.25, -0.2) is 0 Å². The first kappa shape index (κ1) is 18.4. The van der Waals surface area contributed by atoms with Gasteiger partial charge in [0.15, 0.2) is 0 Å². The number of hydrogen-bond donors (Lipinski definition) is 0. The quantitative estimate of drug-likeness (QED) is 0.683. The number of nitrogens with zero attached hydrogens (tertiary/aromatic N) is 6. The summed E-state index contributed by atoms with van der Waals surface area (Å²) in [5.74, 6) is 1.64. The smallest absolute Gasteiger partial charge is 0.256 e. The molecule has 1 amide bonds. The van der Waals surface area contributed by atoms with E-state index in [0.717, 1.165) is 37.3 Å².